The molecule has 0 unspecified atom stereocenters. The van der Waals surface area contributed by atoms with E-state index in [1.807, 2.05) is 25.3 Å². The maximum absolute atomic E-state index is 13.4. The SMILES string of the molecule is CSc1ccc(Oc2ccc(F)cc2F)c(C)c1. The number of benzene rings is 2. The number of ether oxygens (including phenoxy) is 1. The van der Waals surface area contributed by atoms with Gasteiger partial charge in [-0.25, -0.2) is 8.78 Å². The Bertz CT molecular complexity index is 570. The summed E-state index contributed by atoms with van der Waals surface area (Å²) in [6.07, 6.45) is 1.98. The molecule has 2 aromatic rings. The van der Waals surface area contributed by atoms with Crippen LogP contribution < -0.4 is 4.74 Å². The molecular formula is C14H12F2OS. The Morgan fingerprint density at radius 2 is 1.72 bits per heavy atom. The van der Waals surface area contributed by atoms with Gasteiger partial charge in [-0.2, -0.15) is 0 Å². The van der Waals surface area contributed by atoms with Crippen molar-refractivity contribution in [2.75, 3.05) is 6.26 Å². The van der Waals surface area contributed by atoms with Gasteiger partial charge in [0.25, 0.3) is 0 Å². The van der Waals surface area contributed by atoms with Crippen LogP contribution in [0, 0.1) is 18.6 Å². The van der Waals surface area contributed by atoms with Gasteiger partial charge in [-0.05, 0) is 49.1 Å². The first-order valence-corrected chi connectivity index (χ1v) is 6.60. The molecule has 0 atom stereocenters. The van der Waals surface area contributed by atoms with Gasteiger partial charge in [-0.3, -0.25) is 0 Å². The second-order valence-corrected chi connectivity index (χ2v) is 4.69. The fourth-order valence-electron chi connectivity index (χ4n) is 1.54. The van der Waals surface area contributed by atoms with Gasteiger partial charge >= 0.3 is 0 Å². The van der Waals surface area contributed by atoms with Gasteiger partial charge in [-0.1, -0.05) is 0 Å². The van der Waals surface area contributed by atoms with Crippen LogP contribution in [-0.2, 0) is 0 Å². The fraction of sp³-hybridized carbons (Fsp3) is 0.143. The first kappa shape index (κ1) is 12.9. The molecule has 0 heterocycles. The van der Waals surface area contributed by atoms with Crippen molar-refractivity contribution in [2.45, 2.75) is 11.8 Å². The molecular weight excluding hydrogens is 254 g/mol. The second kappa shape index (κ2) is 5.40. The highest BCUT2D eigenvalue weighted by Crippen LogP contribution is 2.29. The molecule has 0 amide bonds. The zero-order chi connectivity index (χ0) is 13.1. The van der Waals surface area contributed by atoms with E-state index in [0.717, 1.165) is 16.5 Å². The summed E-state index contributed by atoms with van der Waals surface area (Å²) in [6, 6.07) is 8.90. The van der Waals surface area contributed by atoms with E-state index in [-0.39, 0.29) is 5.75 Å². The van der Waals surface area contributed by atoms with Crippen LogP contribution in [0.15, 0.2) is 41.3 Å². The fourth-order valence-corrected chi connectivity index (χ4v) is 2.04. The molecule has 0 N–H and O–H groups in total. The molecule has 0 aromatic heterocycles. The molecule has 18 heavy (non-hydrogen) atoms. The Labute approximate surface area is 109 Å². The van der Waals surface area contributed by atoms with Crippen LogP contribution in [0.3, 0.4) is 0 Å². The molecule has 0 saturated heterocycles. The maximum Gasteiger partial charge on any atom is 0.168 e. The molecule has 0 aliphatic heterocycles. The van der Waals surface area contributed by atoms with Gasteiger partial charge in [0.05, 0.1) is 0 Å². The summed E-state index contributed by atoms with van der Waals surface area (Å²) in [5, 5.41) is 0. The third-order valence-corrected chi connectivity index (χ3v) is 3.22. The Hall–Kier alpha value is -1.55. The van der Waals surface area contributed by atoms with Crippen molar-refractivity contribution in [1.82, 2.24) is 0 Å². The lowest BCUT2D eigenvalue weighted by Crippen LogP contribution is -1.91. The number of hydrogen-bond acceptors (Lipinski definition) is 2. The molecule has 1 nitrogen and oxygen atoms in total. The van der Waals surface area contributed by atoms with E-state index < -0.39 is 11.6 Å². The average molecular weight is 266 g/mol. The van der Waals surface area contributed by atoms with Crippen LogP contribution >= 0.6 is 11.8 Å². The van der Waals surface area contributed by atoms with Crippen molar-refractivity contribution in [3.63, 3.8) is 0 Å². The Kier molecular flexibility index (Phi) is 3.87. The minimum Gasteiger partial charge on any atom is -0.454 e. The standard InChI is InChI=1S/C14H12F2OS/c1-9-7-11(18-2)4-6-13(9)17-14-5-3-10(15)8-12(14)16/h3-8H,1-2H3. The van der Waals surface area contributed by atoms with Gasteiger partial charge < -0.3 is 4.74 Å². The summed E-state index contributed by atoms with van der Waals surface area (Å²) in [7, 11) is 0. The third kappa shape index (κ3) is 2.82. The van der Waals surface area contributed by atoms with E-state index in [2.05, 4.69) is 0 Å². The topological polar surface area (TPSA) is 9.23 Å². The molecule has 2 aromatic carbocycles. The molecule has 2 rings (SSSR count). The van der Waals surface area contributed by atoms with Crippen molar-refractivity contribution in [3.8, 4) is 11.5 Å². The van der Waals surface area contributed by atoms with E-state index in [1.165, 1.54) is 12.1 Å². The lowest BCUT2D eigenvalue weighted by Gasteiger charge is -2.10. The number of hydrogen-bond donors (Lipinski definition) is 0. The third-order valence-electron chi connectivity index (χ3n) is 2.50. The predicted octanol–water partition coefficient (Wildman–Crippen LogP) is 4.79. The first-order chi connectivity index (χ1) is 8.60. The van der Waals surface area contributed by atoms with E-state index >= 15 is 0 Å². The van der Waals surface area contributed by atoms with Crippen molar-refractivity contribution in [1.29, 1.82) is 0 Å². The summed E-state index contributed by atoms with van der Waals surface area (Å²) in [5.74, 6) is -0.729. The van der Waals surface area contributed by atoms with Gasteiger partial charge in [0.1, 0.15) is 11.6 Å². The van der Waals surface area contributed by atoms with Crippen molar-refractivity contribution in [3.05, 3.63) is 53.6 Å². The molecule has 0 spiro atoms. The van der Waals surface area contributed by atoms with Gasteiger partial charge in [-0.15, -0.1) is 11.8 Å². The number of aryl methyl sites for hydroxylation is 1. The minimum atomic E-state index is -0.705. The van der Waals surface area contributed by atoms with Crippen LogP contribution in [0.5, 0.6) is 11.5 Å². The van der Waals surface area contributed by atoms with E-state index in [1.54, 1.807) is 17.8 Å². The monoisotopic (exact) mass is 266 g/mol. The van der Waals surface area contributed by atoms with Crippen LogP contribution in [0.4, 0.5) is 8.78 Å². The second-order valence-electron chi connectivity index (χ2n) is 3.81. The summed E-state index contributed by atoms with van der Waals surface area (Å²) in [6.45, 7) is 1.89. The molecule has 0 bridgehead atoms. The van der Waals surface area contributed by atoms with Crippen LogP contribution in [0.2, 0.25) is 0 Å². The van der Waals surface area contributed by atoms with Crippen LogP contribution in [0.25, 0.3) is 0 Å². The summed E-state index contributed by atoms with van der Waals surface area (Å²) in [5.41, 5.74) is 0.908. The number of rotatable bonds is 3. The molecule has 0 aliphatic rings. The van der Waals surface area contributed by atoms with Crippen LogP contribution in [-0.4, -0.2) is 6.26 Å². The normalized spacial score (nSPS) is 10.4. The first-order valence-electron chi connectivity index (χ1n) is 5.37. The van der Waals surface area contributed by atoms with E-state index in [4.69, 9.17) is 4.74 Å². The lowest BCUT2D eigenvalue weighted by molar-refractivity contribution is 0.435. The zero-order valence-corrected chi connectivity index (χ0v) is 10.9. The van der Waals surface area contributed by atoms with Crippen molar-refractivity contribution < 1.29 is 13.5 Å². The zero-order valence-electron chi connectivity index (χ0n) is 10.0. The summed E-state index contributed by atoms with van der Waals surface area (Å²) < 4.78 is 31.7. The molecule has 0 aliphatic carbocycles. The highest BCUT2D eigenvalue weighted by Gasteiger charge is 2.08. The maximum atomic E-state index is 13.4. The molecule has 0 radical (unpaired) electrons. The molecule has 94 valence electrons. The van der Waals surface area contributed by atoms with Crippen molar-refractivity contribution >= 4 is 11.8 Å². The highest BCUT2D eigenvalue weighted by molar-refractivity contribution is 7.98. The Morgan fingerprint density at radius 1 is 1.00 bits per heavy atom. The molecule has 0 fully saturated rings. The Morgan fingerprint density at radius 3 is 2.33 bits per heavy atom. The highest BCUT2D eigenvalue weighted by atomic mass is 32.2. The molecule has 0 saturated carbocycles. The Balaban J connectivity index is 2.28. The summed E-state index contributed by atoms with van der Waals surface area (Å²) in [4.78, 5) is 1.11. The smallest absolute Gasteiger partial charge is 0.168 e. The van der Waals surface area contributed by atoms with E-state index in [0.29, 0.717) is 5.75 Å². The van der Waals surface area contributed by atoms with Crippen molar-refractivity contribution in [2.24, 2.45) is 0 Å². The average Bonchev–Trinajstić information content (AvgIpc) is 2.34. The largest absolute Gasteiger partial charge is 0.454 e. The summed E-state index contributed by atoms with van der Waals surface area (Å²) >= 11 is 1.62. The number of thioether (sulfide) groups is 1. The van der Waals surface area contributed by atoms with Crippen LogP contribution in [0.1, 0.15) is 5.56 Å². The lowest BCUT2D eigenvalue weighted by atomic mass is 10.2. The molecule has 4 heteroatoms. The van der Waals surface area contributed by atoms with Gasteiger partial charge in [0, 0.05) is 11.0 Å². The van der Waals surface area contributed by atoms with Gasteiger partial charge in [0.15, 0.2) is 11.6 Å². The minimum absolute atomic E-state index is 0.0244. The van der Waals surface area contributed by atoms with Gasteiger partial charge in [0.2, 0.25) is 0 Å². The van der Waals surface area contributed by atoms with E-state index in [9.17, 15) is 8.78 Å². The quantitative estimate of drug-likeness (QED) is 0.739. The predicted molar refractivity (Wildman–Crippen MR) is 69.4 cm³/mol. The number of halogens is 2.